The molecule has 0 saturated carbocycles. The molecule has 196 valence electrons. The molecular weight excluding hydrogens is 510 g/mol. The number of hydrogen-bond donors (Lipinski definition) is 2. The summed E-state index contributed by atoms with van der Waals surface area (Å²) in [6.45, 7) is 0.538. The molecule has 3 N–H and O–H groups in total. The molecule has 38 heavy (non-hydrogen) atoms. The Bertz CT molecular complexity index is 1520. The van der Waals surface area contributed by atoms with E-state index in [1.54, 1.807) is 30.3 Å². The molecule has 0 bridgehead atoms. The summed E-state index contributed by atoms with van der Waals surface area (Å²) in [5.41, 5.74) is 6.60. The van der Waals surface area contributed by atoms with Gasteiger partial charge in [-0.05, 0) is 30.2 Å². The molecule has 0 fully saturated rings. The third-order valence-corrected chi connectivity index (χ3v) is 7.50. The van der Waals surface area contributed by atoms with Crippen molar-refractivity contribution in [3.63, 3.8) is 0 Å². The van der Waals surface area contributed by atoms with Crippen molar-refractivity contribution >= 4 is 33.5 Å². The van der Waals surface area contributed by atoms with Gasteiger partial charge in [0.1, 0.15) is 17.4 Å². The van der Waals surface area contributed by atoms with Crippen LogP contribution in [0.25, 0.3) is 0 Å². The van der Waals surface area contributed by atoms with Crippen molar-refractivity contribution < 1.29 is 27.5 Å². The van der Waals surface area contributed by atoms with E-state index in [0.717, 1.165) is 25.5 Å². The van der Waals surface area contributed by atoms with Crippen LogP contribution in [0.2, 0.25) is 0 Å². The molecule has 2 aliphatic heterocycles. The number of nitrogens with two attached hydrogens (primary N) is 1. The Morgan fingerprint density at radius 1 is 1.11 bits per heavy atom. The fraction of sp³-hybridized carbons (Fsp3) is 0.231. The number of esters is 2. The van der Waals surface area contributed by atoms with E-state index >= 15 is 0 Å². The van der Waals surface area contributed by atoms with Crippen LogP contribution in [0.1, 0.15) is 24.3 Å². The molecule has 0 spiro atoms. The lowest BCUT2D eigenvalue weighted by Crippen LogP contribution is -2.40. The van der Waals surface area contributed by atoms with Crippen molar-refractivity contribution in [1.82, 2.24) is 4.72 Å². The summed E-state index contributed by atoms with van der Waals surface area (Å²) in [5.74, 6) is -2.66. The van der Waals surface area contributed by atoms with Crippen molar-refractivity contribution in [3.05, 3.63) is 82.8 Å². The van der Waals surface area contributed by atoms with Gasteiger partial charge in [0.2, 0.25) is 0 Å². The number of allylic oxidation sites excluding steroid dienone is 1. The summed E-state index contributed by atoms with van der Waals surface area (Å²) in [4.78, 5) is 31.5. The van der Waals surface area contributed by atoms with E-state index in [1.807, 2.05) is 0 Å². The SMILES string of the molecule is COC(=O)C1=C(C(=O)OC)N(c2cccc(S(=O)(=O)NC3=NCCC3)c2)C(N)=C(C#N)C1c1ccccc1. The van der Waals surface area contributed by atoms with Crippen LogP contribution in [0.3, 0.4) is 0 Å². The second-order valence-electron chi connectivity index (χ2n) is 8.37. The largest absolute Gasteiger partial charge is 0.466 e. The summed E-state index contributed by atoms with van der Waals surface area (Å²) in [6, 6.07) is 16.2. The third kappa shape index (κ3) is 4.83. The average Bonchev–Trinajstić information content (AvgIpc) is 3.44. The summed E-state index contributed by atoms with van der Waals surface area (Å²) >= 11 is 0. The number of nitrogens with one attached hydrogen (secondary N) is 1. The van der Waals surface area contributed by atoms with E-state index in [2.05, 4.69) is 15.8 Å². The minimum atomic E-state index is -4.03. The zero-order chi connectivity index (χ0) is 27.4. The Hall–Kier alpha value is -4.63. The quantitative estimate of drug-likeness (QED) is 0.527. The number of amidine groups is 1. The van der Waals surface area contributed by atoms with E-state index in [0.29, 0.717) is 24.4 Å². The number of hydrogen-bond acceptors (Lipinski definition) is 10. The first-order valence-corrected chi connectivity index (χ1v) is 13.0. The molecule has 1 unspecified atom stereocenters. The lowest BCUT2D eigenvalue weighted by Gasteiger charge is -2.36. The highest BCUT2D eigenvalue weighted by molar-refractivity contribution is 7.90. The fourth-order valence-corrected chi connectivity index (χ4v) is 5.54. The zero-order valence-electron chi connectivity index (χ0n) is 20.7. The molecule has 0 aliphatic carbocycles. The Kier molecular flexibility index (Phi) is 7.50. The predicted octanol–water partition coefficient (Wildman–Crippen LogP) is 2.05. The number of anilines is 1. The molecule has 1 atom stereocenters. The van der Waals surface area contributed by atoms with Crippen LogP contribution in [-0.2, 0) is 29.1 Å². The van der Waals surface area contributed by atoms with Gasteiger partial charge in [-0.25, -0.2) is 18.0 Å². The summed E-state index contributed by atoms with van der Waals surface area (Å²) < 4.78 is 38.6. The molecule has 0 radical (unpaired) electrons. The first-order valence-electron chi connectivity index (χ1n) is 11.5. The standard InChI is InChI=1S/C26H25N5O6S/c1-36-25(32)22-21(16-8-4-3-5-9-16)19(15-27)24(28)31(23(22)26(33)37-2)17-10-6-11-18(14-17)38(34,35)30-20-12-7-13-29-20/h3-6,8-11,14,21H,7,12-13,28H2,1-2H3,(H,29,30). The molecule has 2 aromatic rings. The highest BCUT2D eigenvalue weighted by atomic mass is 32.2. The average molecular weight is 536 g/mol. The minimum Gasteiger partial charge on any atom is -0.466 e. The molecule has 4 rings (SSSR count). The van der Waals surface area contributed by atoms with Gasteiger partial charge in [-0.1, -0.05) is 36.4 Å². The van der Waals surface area contributed by atoms with Crippen molar-refractivity contribution in [2.75, 3.05) is 25.7 Å². The molecule has 0 amide bonds. The van der Waals surface area contributed by atoms with Crippen LogP contribution in [0, 0.1) is 11.3 Å². The normalized spacial score (nSPS) is 17.6. The number of ether oxygens (including phenoxy) is 2. The van der Waals surface area contributed by atoms with E-state index in [9.17, 15) is 23.3 Å². The number of carbonyl (C=O) groups excluding carboxylic acids is 2. The van der Waals surface area contributed by atoms with Gasteiger partial charge in [0.25, 0.3) is 10.0 Å². The zero-order valence-corrected chi connectivity index (χ0v) is 21.5. The first-order chi connectivity index (χ1) is 18.2. The van der Waals surface area contributed by atoms with Crippen molar-refractivity contribution in [1.29, 1.82) is 5.26 Å². The topological polar surface area (TPSA) is 164 Å². The lowest BCUT2D eigenvalue weighted by molar-refractivity contribution is -0.139. The maximum atomic E-state index is 13.2. The fourth-order valence-electron chi connectivity index (χ4n) is 4.41. The van der Waals surface area contributed by atoms with Gasteiger partial charge in [0.15, 0.2) is 0 Å². The molecule has 0 saturated heterocycles. The van der Waals surface area contributed by atoms with Gasteiger partial charge in [-0.15, -0.1) is 0 Å². The van der Waals surface area contributed by atoms with Crippen LogP contribution in [-0.4, -0.2) is 47.0 Å². The van der Waals surface area contributed by atoms with E-state index in [4.69, 9.17) is 15.2 Å². The maximum absolute atomic E-state index is 13.2. The molecule has 2 aromatic carbocycles. The first kappa shape index (κ1) is 26.4. The monoisotopic (exact) mass is 535 g/mol. The summed E-state index contributed by atoms with van der Waals surface area (Å²) in [7, 11) is -1.75. The number of nitriles is 1. The van der Waals surface area contributed by atoms with E-state index in [1.165, 1.54) is 24.3 Å². The number of carbonyl (C=O) groups is 2. The predicted molar refractivity (Wildman–Crippen MR) is 138 cm³/mol. The Balaban J connectivity index is 1.95. The van der Waals surface area contributed by atoms with E-state index in [-0.39, 0.29) is 33.2 Å². The van der Waals surface area contributed by atoms with Gasteiger partial charge in [-0.2, -0.15) is 5.26 Å². The third-order valence-electron chi connectivity index (χ3n) is 6.12. The summed E-state index contributed by atoms with van der Waals surface area (Å²) in [5, 5.41) is 10.1. The van der Waals surface area contributed by atoms with Crippen LogP contribution >= 0.6 is 0 Å². The number of benzene rings is 2. The maximum Gasteiger partial charge on any atom is 0.355 e. The molecular formula is C26H25N5O6S. The second kappa shape index (κ2) is 10.8. The summed E-state index contributed by atoms with van der Waals surface area (Å²) in [6.07, 6.45) is 1.25. The number of aliphatic imine (C=N–C) groups is 1. The van der Waals surface area contributed by atoms with Crippen molar-refractivity contribution in [2.24, 2.45) is 10.7 Å². The molecule has 0 aromatic heterocycles. The van der Waals surface area contributed by atoms with Crippen LogP contribution in [0.15, 0.2) is 87.1 Å². The van der Waals surface area contributed by atoms with Crippen LogP contribution < -0.4 is 15.4 Å². The van der Waals surface area contributed by atoms with Crippen molar-refractivity contribution in [2.45, 2.75) is 23.7 Å². The number of sulfonamides is 1. The number of methoxy groups -OCH3 is 2. The molecule has 2 heterocycles. The molecule has 2 aliphatic rings. The highest BCUT2D eigenvalue weighted by Gasteiger charge is 2.43. The van der Waals surface area contributed by atoms with Crippen LogP contribution in [0.4, 0.5) is 5.69 Å². The molecule has 12 heteroatoms. The molecule has 11 nitrogen and oxygen atoms in total. The van der Waals surface area contributed by atoms with Gasteiger partial charge >= 0.3 is 11.9 Å². The number of rotatable bonds is 6. The van der Waals surface area contributed by atoms with Gasteiger partial charge < -0.3 is 15.2 Å². The van der Waals surface area contributed by atoms with Crippen molar-refractivity contribution in [3.8, 4) is 6.07 Å². The van der Waals surface area contributed by atoms with Gasteiger partial charge in [0, 0.05) is 18.7 Å². The Labute approximate surface area is 219 Å². The van der Waals surface area contributed by atoms with Gasteiger partial charge in [-0.3, -0.25) is 14.6 Å². The van der Waals surface area contributed by atoms with Crippen LogP contribution in [0.5, 0.6) is 0 Å². The Morgan fingerprint density at radius 3 is 2.42 bits per heavy atom. The lowest BCUT2D eigenvalue weighted by atomic mass is 9.81. The second-order valence-corrected chi connectivity index (χ2v) is 10.1. The Morgan fingerprint density at radius 2 is 1.82 bits per heavy atom. The number of nitrogens with zero attached hydrogens (tertiary/aromatic N) is 3. The minimum absolute atomic E-state index is 0.0315. The van der Waals surface area contributed by atoms with Gasteiger partial charge in [0.05, 0.1) is 42.2 Å². The highest BCUT2D eigenvalue weighted by Crippen LogP contribution is 2.43. The van der Waals surface area contributed by atoms with E-state index < -0.39 is 27.9 Å². The smallest absolute Gasteiger partial charge is 0.355 e.